The predicted molar refractivity (Wildman–Crippen MR) is 102 cm³/mol. The molecule has 1 fully saturated rings. The summed E-state index contributed by atoms with van der Waals surface area (Å²) in [6.07, 6.45) is -0.140. The third-order valence-electron chi connectivity index (χ3n) is 2.65. The summed E-state index contributed by atoms with van der Waals surface area (Å²) < 4.78 is 29.4. The lowest BCUT2D eigenvalue weighted by Crippen LogP contribution is -2.27. The van der Waals surface area contributed by atoms with Crippen LogP contribution in [0.1, 0.15) is 13.3 Å². The van der Waals surface area contributed by atoms with Gasteiger partial charge in [0.05, 0.1) is 0 Å². The van der Waals surface area contributed by atoms with Gasteiger partial charge in [-0.1, -0.05) is 76.5 Å². The standard InChI is InChI=1S/C10H12BCl6O5PS/c1-5-2-6(11)21-7(5)8(24)22-23(18,19-3-9(12,13)14)20-4-10(15,16)17/h5-7H,2-4H2,1H3/t5-,6-,7+/m1/s1. The average Bonchev–Trinajstić information content (AvgIpc) is 2.72. The number of hydrogen-bond acceptors (Lipinski definition) is 6. The molecule has 0 spiro atoms. The van der Waals surface area contributed by atoms with Crippen molar-refractivity contribution in [2.45, 2.75) is 33.0 Å². The molecule has 0 aromatic heterocycles. The van der Waals surface area contributed by atoms with Crippen molar-refractivity contribution in [2.75, 3.05) is 13.2 Å². The lowest BCUT2D eigenvalue weighted by molar-refractivity contribution is 0.102. The van der Waals surface area contributed by atoms with Crippen LogP contribution in [-0.2, 0) is 22.9 Å². The van der Waals surface area contributed by atoms with E-state index in [1.54, 1.807) is 0 Å². The minimum absolute atomic E-state index is 0.0673. The monoisotopic (exact) mass is 496 g/mol. The first-order valence-corrected chi connectivity index (χ1v) is 10.5. The Kier molecular flexibility index (Phi) is 9.27. The van der Waals surface area contributed by atoms with E-state index in [0.717, 1.165) is 0 Å². The molecule has 0 amide bonds. The number of rotatable bonds is 6. The summed E-state index contributed by atoms with van der Waals surface area (Å²) in [4.78, 5) is 0. The molecule has 0 saturated carbocycles. The molecule has 0 aromatic carbocycles. The highest BCUT2D eigenvalue weighted by Gasteiger charge is 2.41. The van der Waals surface area contributed by atoms with E-state index >= 15 is 0 Å². The van der Waals surface area contributed by atoms with Crippen molar-refractivity contribution in [2.24, 2.45) is 5.92 Å². The quantitative estimate of drug-likeness (QED) is 0.219. The number of thiocarbonyl (C=S) groups is 1. The molecule has 0 unspecified atom stereocenters. The van der Waals surface area contributed by atoms with Crippen molar-refractivity contribution in [3.63, 3.8) is 0 Å². The fourth-order valence-electron chi connectivity index (χ4n) is 1.71. The van der Waals surface area contributed by atoms with Crippen LogP contribution >= 0.6 is 89.6 Å². The number of hydrogen-bond donors (Lipinski definition) is 0. The topological polar surface area (TPSA) is 54.0 Å². The largest absolute Gasteiger partial charge is 0.530 e. The molecule has 1 saturated heterocycles. The SMILES string of the molecule is [B][C@H]1C[C@@H](C)[C@@H](C(=S)OP(=O)(OCC(Cl)(Cl)Cl)OCC(Cl)(Cl)Cl)O1. The smallest absolute Gasteiger partial charge is 0.394 e. The number of phosphoric acid groups is 1. The third kappa shape index (κ3) is 9.14. The van der Waals surface area contributed by atoms with Crippen molar-refractivity contribution >= 4 is 103 Å². The van der Waals surface area contributed by atoms with Gasteiger partial charge in [0.25, 0.3) is 0 Å². The van der Waals surface area contributed by atoms with Crippen LogP contribution in [0.4, 0.5) is 0 Å². The molecule has 0 bridgehead atoms. The normalized spacial score (nSPS) is 25.7. The van der Waals surface area contributed by atoms with Gasteiger partial charge in [-0.05, 0) is 24.6 Å². The molecule has 14 heteroatoms. The third-order valence-corrected chi connectivity index (χ3v) is 5.05. The van der Waals surface area contributed by atoms with Gasteiger partial charge in [0.2, 0.25) is 12.6 Å². The van der Waals surface area contributed by atoms with Crippen LogP contribution in [0.3, 0.4) is 0 Å². The van der Waals surface area contributed by atoms with Crippen molar-refractivity contribution in [3.05, 3.63) is 0 Å². The second-order valence-electron chi connectivity index (χ2n) is 4.94. The molecule has 24 heavy (non-hydrogen) atoms. The van der Waals surface area contributed by atoms with Crippen molar-refractivity contribution in [1.29, 1.82) is 0 Å². The van der Waals surface area contributed by atoms with E-state index in [2.05, 4.69) is 0 Å². The molecule has 0 N–H and O–H groups in total. The van der Waals surface area contributed by atoms with E-state index in [-0.39, 0.29) is 11.0 Å². The summed E-state index contributed by atoms with van der Waals surface area (Å²) in [5, 5.41) is -0.188. The Morgan fingerprint density at radius 2 is 1.67 bits per heavy atom. The zero-order valence-electron chi connectivity index (χ0n) is 12.1. The van der Waals surface area contributed by atoms with Gasteiger partial charge in [-0.15, -0.1) is 0 Å². The van der Waals surface area contributed by atoms with Crippen LogP contribution in [0, 0.1) is 5.92 Å². The van der Waals surface area contributed by atoms with Crippen LogP contribution in [-0.4, -0.2) is 45.8 Å². The van der Waals surface area contributed by atoms with Crippen molar-refractivity contribution < 1.29 is 22.9 Å². The zero-order chi connectivity index (χ0) is 18.8. The van der Waals surface area contributed by atoms with Gasteiger partial charge in [0.1, 0.15) is 27.2 Å². The van der Waals surface area contributed by atoms with Gasteiger partial charge in [-0.2, -0.15) is 0 Å². The molecule has 1 heterocycles. The summed E-state index contributed by atoms with van der Waals surface area (Å²) >= 11 is 38.4. The Labute approximate surface area is 176 Å². The van der Waals surface area contributed by atoms with Crippen molar-refractivity contribution in [1.82, 2.24) is 0 Å². The molecule has 1 rings (SSSR count). The van der Waals surface area contributed by atoms with Crippen LogP contribution in [0.25, 0.3) is 0 Å². The second-order valence-corrected chi connectivity index (χ2v) is 12.0. The molecule has 1 aliphatic rings. The summed E-state index contributed by atoms with van der Waals surface area (Å²) in [5.41, 5.74) is 0. The van der Waals surface area contributed by atoms with Crippen LogP contribution < -0.4 is 0 Å². The molecule has 1 aliphatic heterocycles. The maximum atomic E-state index is 12.7. The van der Waals surface area contributed by atoms with E-state index < -0.39 is 40.7 Å². The highest BCUT2D eigenvalue weighted by Crippen LogP contribution is 2.53. The lowest BCUT2D eigenvalue weighted by Gasteiger charge is -2.24. The number of ether oxygens (including phenoxy) is 1. The fourth-order valence-corrected chi connectivity index (χ4v) is 4.27. The summed E-state index contributed by atoms with van der Waals surface area (Å²) in [6.45, 7) is 0.610. The van der Waals surface area contributed by atoms with Crippen LogP contribution in [0.15, 0.2) is 0 Å². The van der Waals surface area contributed by atoms with Gasteiger partial charge in [-0.3, -0.25) is 9.05 Å². The average molecular weight is 499 g/mol. The Hall–Kier alpha value is 1.80. The molecular formula is C10H12BCl6O5PS. The number of alkyl halides is 6. The maximum Gasteiger partial charge on any atom is 0.530 e. The van der Waals surface area contributed by atoms with Crippen molar-refractivity contribution in [3.8, 4) is 0 Å². The fraction of sp³-hybridized carbons (Fsp3) is 0.900. The Bertz CT molecular complexity index is 479. The van der Waals surface area contributed by atoms with Gasteiger partial charge < -0.3 is 9.26 Å². The highest BCUT2D eigenvalue weighted by molar-refractivity contribution is 7.80. The van der Waals surface area contributed by atoms with Crippen LogP contribution in [0.5, 0.6) is 0 Å². The van der Waals surface area contributed by atoms with E-state index in [4.69, 9.17) is 108 Å². The highest BCUT2D eigenvalue weighted by atomic mass is 35.6. The minimum atomic E-state index is -4.34. The molecule has 0 aromatic rings. The van der Waals surface area contributed by atoms with Gasteiger partial charge >= 0.3 is 7.82 Å². The summed E-state index contributed by atoms with van der Waals surface area (Å²) in [7, 11) is 1.34. The Morgan fingerprint density at radius 3 is 2.00 bits per heavy atom. The number of phosphoric ester groups is 1. The van der Waals surface area contributed by atoms with Gasteiger partial charge in [0.15, 0.2) is 0 Å². The molecule has 138 valence electrons. The minimum Gasteiger partial charge on any atom is -0.394 e. The van der Waals surface area contributed by atoms with E-state index in [0.29, 0.717) is 6.42 Å². The maximum absolute atomic E-state index is 12.7. The molecular weight excluding hydrogens is 487 g/mol. The van der Waals surface area contributed by atoms with E-state index in [1.807, 2.05) is 6.92 Å². The first-order chi connectivity index (χ1) is 10.7. The Balaban J connectivity index is 2.80. The number of halogens is 6. The first kappa shape index (κ1) is 23.8. The first-order valence-electron chi connectivity index (χ1n) is 6.38. The van der Waals surface area contributed by atoms with Gasteiger partial charge in [0, 0.05) is 6.00 Å². The lowest BCUT2D eigenvalue weighted by atomic mass is 9.92. The predicted octanol–water partition coefficient (Wildman–Crippen LogP) is 5.13. The second kappa shape index (κ2) is 9.33. The van der Waals surface area contributed by atoms with Crippen LogP contribution in [0.2, 0.25) is 0 Å². The summed E-state index contributed by atoms with van der Waals surface area (Å²) in [6, 6.07) is -0.518. The molecule has 5 nitrogen and oxygen atoms in total. The molecule has 0 aliphatic carbocycles. The molecule has 3 atom stereocenters. The van der Waals surface area contributed by atoms with E-state index in [1.165, 1.54) is 0 Å². The zero-order valence-corrected chi connectivity index (χ0v) is 18.3. The van der Waals surface area contributed by atoms with Gasteiger partial charge in [-0.25, -0.2) is 4.57 Å². The summed E-state index contributed by atoms with van der Waals surface area (Å²) in [5.74, 6) is -0.0673. The van der Waals surface area contributed by atoms with E-state index in [9.17, 15) is 4.57 Å². The Morgan fingerprint density at radius 1 is 1.21 bits per heavy atom. The molecule has 2 radical (unpaired) electrons.